The number of piperidine rings is 2. The minimum Gasteiger partial charge on any atom is -0.316 e. The van der Waals surface area contributed by atoms with Gasteiger partial charge in [-0.15, -0.1) is 0 Å². The monoisotopic (exact) mass is 256 g/mol. The number of thioether (sulfide) groups is 1. The van der Waals surface area contributed by atoms with E-state index < -0.39 is 0 Å². The predicted octanol–water partition coefficient (Wildman–Crippen LogP) is 2.59. The van der Waals surface area contributed by atoms with Crippen molar-refractivity contribution in [3.8, 4) is 0 Å². The molecule has 2 fully saturated rings. The van der Waals surface area contributed by atoms with E-state index in [0.29, 0.717) is 0 Å². The molecule has 100 valence electrons. The zero-order valence-corrected chi connectivity index (χ0v) is 12.1. The van der Waals surface area contributed by atoms with E-state index in [1.54, 1.807) is 0 Å². The summed E-state index contributed by atoms with van der Waals surface area (Å²) in [7, 11) is 0. The van der Waals surface area contributed by atoms with Gasteiger partial charge in [0.25, 0.3) is 0 Å². The maximum absolute atomic E-state index is 3.68. The minimum absolute atomic E-state index is 0.908. The number of rotatable bonds is 6. The summed E-state index contributed by atoms with van der Waals surface area (Å²) in [4.78, 5) is 2.77. The van der Waals surface area contributed by atoms with Crippen molar-refractivity contribution in [1.82, 2.24) is 10.2 Å². The second-order valence-corrected chi connectivity index (χ2v) is 6.54. The summed E-state index contributed by atoms with van der Waals surface area (Å²) in [6.45, 7) is 5.21. The molecule has 0 aliphatic carbocycles. The van der Waals surface area contributed by atoms with Gasteiger partial charge in [-0.25, -0.2) is 0 Å². The summed E-state index contributed by atoms with van der Waals surface area (Å²) in [6.07, 6.45) is 10.7. The zero-order chi connectivity index (χ0) is 11.9. The Morgan fingerprint density at radius 1 is 1.18 bits per heavy atom. The highest BCUT2D eigenvalue weighted by Crippen LogP contribution is 2.30. The van der Waals surface area contributed by atoms with Gasteiger partial charge in [0.05, 0.1) is 0 Å². The van der Waals surface area contributed by atoms with Crippen LogP contribution in [0, 0.1) is 5.92 Å². The highest BCUT2D eigenvalue weighted by molar-refractivity contribution is 7.98. The largest absolute Gasteiger partial charge is 0.316 e. The Bertz CT molecular complexity index is 208. The van der Waals surface area contributed by atoms with Crippen LogP contribution in [0.5, 0.6) is 0 Å². The molecule has 0 saturated carbocycles. The van der Waals surface area contributed by atoms with Crippen LogP contribution in [0.2, 0.25) is 0 Å². The summed E-state index contributed by atoms with van der Waals surface area (Å²) < 4.78 is 0. The van der Waals surface area contributed by atoms with Crippen LogP contribution < -0.4 is 5.32 Å². The Kier molecular flexibility index (Phi) is 6.16. The Labute approximate surface area is 111 Å². The van der Waals surface area contributed by atoms with Gasteiger partial charge >= 0.3 is 0 Å². The van der Waals surface area contributed by atoms with Crippen LogP contribution in [0.1, 0.15) is 38.5 Å². The molecule has 17 heavy (non-hydrogen) atoms. The van der Waals surface area contributed by atoms with E-state index in [0.717, 1.165) is 12.0 Å². The summed E-state index contributed by atoms with van der Waals surface area (Å²) in [6, 6.07) is 0.908. The normalized spacial score (nSPS) is 30.2. The molecule has 2 atom stereocenters. The van der Waals surface area contributed by atoms with Gasteiger partial charge in [0.1, 0.15) is 0 Å². The smallest absolute Gasteiger partial charge is 0.0136 e. The lowest BCUT2D eigenvalue weighted by atomic mass is 9.83. The zero-order valence-electron chi connectivity index (χ0n) is 11.3. The number of nitrogens with zero attached hydrogens (tertiary/aromatic N) is 1. The van der Waals surface area contributed by atoms with Crippen LogP contribution in [-0.2, 0) is 0 Å². The molecule has 2 aliphatic heterocycles. The number of nitrogens with one attached hydrogen (secondary N) is 1. The first-order valence-corrected chi connectivity index (χ1v) is 8.75. The molecular formula is C14H28N2S. The molecule has 0 aromatic rings. The molecule has 0 amide bonds. The van der Waals surface area contributed by atoms with Crippen molar-refractivity contribution in [2.75, 3.05) is 38.2 Å². The van der Waals surface area contributed by atoms with Gasteiger partial charge in [0.2, 0.25) is 0 Å². The molecule has 0 bridgehead atoms. The molecule has 2 heterocycles. The number of hydrogen-bond donors (Lipinski definition) is 1. The third-order valence-electron chi connectivity index (χ3n) is 4.34. The lowest BCUT2D eigenvalue weighted by Crippen LogP contribution is -2.50. The summed E-state index contributed by atoms with van der Waals surface area (Å²) in [5.41, 5.74) is 0. The maximum Gasteiger partial charge on any atom is 0.0136 e. The van der Waals surface area contributed by atoms with Gasteiger partial charge in [-0.1, -0.05) is 6.42 Å². The lowest BCUT2D eigenvalue weighted by Gasteiger charge is -2.44. The highest BCUT2D eigenvalue weighted by atomic mass is 32.2. The first-order chi connectivity index (χ1) is 8.42. The summed E-state index contributed by atoms with van der Waals surface area (Å²) in [5.74, 6) is 2.23. The Balaban J connectivity index is 1.67. The van der Waals surface area contributed by atoms with Crippen LogP contribution in [-0.4, -0.2) is 49.1 Å². The molecule has 1 N–H and O–H groups in total. The van der Waals surface area contributed by atoms with Gasteiger partial charge < -0.3 is 10.2 Å². The maximum atomic E-state index is 3.68. The van der Waals surface area contributed by atoms with E-state index >= 15 is 0 Å². The van der Waals surface area contributed by atoms with Crippen LogP contribution in [0.4, 0.5) is 0 Å². The summed E-state index contributed by atoms with van der Waals surface area (Å²) >= 11 is 1.96. The molecular weight excluding hydrogens is 228 g/mol. The second kappa shape index (κ2) is 7.65. The topological polar surface area (TPSA) is 15.3 Å². The molecule has 2 aliphatic rings. The van der Waals surface area contributed by atoms with E-state index in [2.05, 4.69) is 16.5 Å². The van der Waals surface area contributed by atoms with Crippen molar-refractivity contribution in [2.45, 2.75) is 44.6 Å². The van der Waals surface area contributed by atoms with Gasteiger partial charge in [-0.2, -0.15) is 11.8 Å². The van der Waals surface area contributed by atoms with Crippen molar-refractivity contribution in [3.05, 3.63) is 0 Å². The highest BCUT2D eigenvalue weighted by Gasteiger charge is 2.32. The van der Waals surface area contributed by atoms with E-state index in [4.69, 9.17) is 0 Å². The molecule has 2 rings (SSSR count). The van der Waals surface area contributed by atoms with Gasteiger partial charge in [0, 0.05) is 6.04 Å². The molecule has 3 heteroatoms. The van der Waals surface area contributed by atoms with E-state index in [-0.39, 0.29) is 0 Å². The molecule has 0 radical (unpaired) electrons. The number of fused-ring (bicyclic) bond motifs is 1. The minimum atomic E-state index is 0.908. The van der Waals surface area contributed by atoms with Crippen molar-refractivity contribution < 1.29 is 0 Å². The molecule has 0 aromatic heterocycles. The second-order valence-electron chi connectivity index (χ2n) is 5.55. The fourth-order valence-electron chi connectivity index (χ4n) is 3.44. The van der Waals surface area contributed by atoms with Crippen LogP contribution >= 0.6 is 11.8 Å². The van der Waals surface area contributed by atoms with Gasteiger partial charge in [-0.3, -0.25) is 0 Å². The quantitative estimate of drug-likeness (QED) is 0.736. The Hall–Kier alpha value is 0.270. The standard InChI is InChI=1S/C14H28N2S/c1-17-11-5-8-15-12-13-6-4-10-16-9-3-2-7-14(13)16/h13-15H,2-12H2,1H3/t13-,14+/m0/s1. The predicted molar refractivity (Wildman–Crippen MR) is 77.8 cm³/mol. The molecule has 2 nitrogen and oxygen atoms in total. The van der Waals surface area contributed by atoms with Crippen molar-refractivity contribution in [2.24, 2.45) is 5.92 Å². The fourth-order valence-corrected chi connectivity index (χ4v) is 3.88. The van der Waals surface area contributed by atoms with Gasteiger partial charge in [0.15, 0.2) is 0 Å². The molecule has 0 aromatic carbocycles. The van der Waals surface area contributed by atoms with Crippen molar-refractivity contribution in [3.63, 3.8) is 0 Å². The van der Waals surface area contributed by atoms with Crippen LogP contribution in [0.15, 0.2) is 0 Å². The van der Waals surface area contributed by atoms with E-state index in [1.807, 2.05) is 11.8 Å². The Morgan fingerprint density at radius 3 is 2.94 bits per heavy atom. The summed E-state index contributed by atoms with van der Waals surface area (Å²) in [5, 5.41) is 3.68. The van der Waals surface area contributed by atoms with Crippen molar-refractivity contribution in [1.29, 1.82) is 0 Å². The van der Waals surface area contributed by atoms with E-state index in [1.165, 1.54) is 70.5 Å². The number of hydrogen-bond acceptors (Lipinski definition) is 3. The first-order valence-electron chi connectivity index (χ1n) is 7.35. The molecule has 0 spiro atoms. The first kappa shape index (κ1) is 13.7. The average molecular weight is 256 g/mol. The lowest BCUT2D eigenvalue weighted by molar-refractivity contribution is 0.0596. The van der Waals surface area contributed by atoms with Crippen LogP contribution in [0.25, 0.3) is 0 Å². The SMILES string of the molecule is CSCCCNC[C@@H]1CCCN2CCCC[C@H]12. The van der Waals surface area contributed by atoms with Crippen molar-refractivity contribution >= 4 is 11.8 Å². The molecule has 2 saturated heterocycles. The Morgan fingerprint density at radius 2 is 2.06 bits per heavy atom. The van der Waals surface area contributed by atoms with Gasteiger partial charge in [-0.05, 0) is 76.2 Å². The van der Waals surface area contributed by atoms with Crippen LogP contribution in [0.3, 0.4) is 0 Å². The molecule has 0 unspecified atom stereocenters. The fraction of sp³-hybridized carbons (Fsp3) is 1.00. The average Bonchev–Trinajstić information content (AvgIpc) is 2.39. The van der Waals surface area contributed by atoms with E-state index in [9.17, 15) is 0 Å². The third kappa shape index (κ3) is 4.15. The third-order valence-corrected chi connectivity index (χ3v) is 5.03.